The third-order valence-electron chi connectivity index (χ3n) is 3.94. The summed E-state index contributed by atoms with van der Waals surface area (Å²) in [4.78, 5) is 22.3. The van der Waals surface area contributed by atoms with Gasteiger partial charge in [0.25, 0.3) is 5.91 Å². The second-order valence-corrected chi connectivity index (χ2v) is 7.46. The van der Waals surface area contributed by atoms with Gasteiger partial charge in [-0.05, 0) is 42.1 Å². The molecule has 0 saturated heterocycles. The molecule has 130 valence electrons. The number of nitrogens with one attached hydrogen (secondary N) is 1. The molecule has 26 heavy (non-hydrogen) atoms. The Hall–Kier alpha value is -2.77. The van der Waals surface area contributed by atoms with Crippen LogP contribution < -0.4 is 5.32 Å². The predicted octanol–water partition coefficient (Wildman–Crippen LogP) is 4.30. The summed E-state index contributed by atoms with van der Waals surface area (Å²) in [7, 11) is 0. The number of thiophene rings is 1. The maximum atomic E-state index is 12.7. The van der Waals surface area contributed by atoms with Gasteiger partial charge in [-0.15, -0.1) is 0 Å². The molecule has 4 aromatic heterocycles. The molecule has 0 bridgehead atoms. The highest BCUT2D eigenvalue weighted by Crippen LogP contribution is 2.24. The zero-order chi connectivity index (χ0) is 17.9. The summed E-state index contributed by atoms with van der Waals surface area (Å²) in [6.45, 7) is 2.29. The summed E-state index contributed by atoms with van der Waals surface area (Å²) in [5, 5.41) is 7.88. The number of aromatic nitrogens is 3. The quantitative estimate of drug-likeness (QED) is 0.562. The standard InChI is InChI=1S/C19H16N4OS2/c1-13-17(26-19(22-13)23-8-2-3-9-23)18(24)21-11-14-5-4-7-20-16(14)15-6-10-25-12-15/h2-10,12H,11H2,1H3,(H,21,24). The average Bonchev–Trinajstić information content (AvgIpc) is 3.40. The Morgan fingerprint density at radius 2 is 2.08 bits per heavy atom. The maximum absolute atomic E-state index is 12.7. The van der Waals surface area contributed by atoms with Gasteiger partial charge >= 0.3 is 0 Å². The number of carbonyl (C=O) groups excluding carboxylic acids is 1. The molecule has 4 heterocycles. The van der Waals surface area contributed by atoms with Crippen molar-refractivity contribution in [2.75, 3.05) is 0 Å². The number of rotatable bonds is 5. The first-order chi connectivity index (χ1) is 12.7. The van der Waals surface area contributed by atoms with Gasteiger partial charge in [-0.3, -0.25) is 9.78 Å². The van der Waals surface area contributed by atoms with Gasteiger partial charge in [-0.1, -0.05) is 17.4 Å². The molecule has 0 aliphatic heterocycles. The van der Waals surface area contributed by atoms with Gasteiger partial charge in [0.15, 0.2) is 5.13 Å². The molecule has 0 saturated carbocycles. The number of carbonyl (C=O) groups is 1. The van der Waals surface area contributed by atoms with E-state index in [2.05, 4.69) is 20.7 Å². The van der Waals surface area contributed by atoms with Crippen LogP contribution in [0.4, 0.5) is 0 Å². The van der Waals surface area contributed by atoms with E-state index in [-0.39, 0.29) is 5.91 Å². The summed E-state index contributed by atoms with van der Waals surface area (Å²) in [6.07, 6.45) is 5.61. The smallest absolute Gasteiger partial charge is 0.263 e. The molecule has 1 amide bonds. The van der Waals surface area contributed by atoms with Crippen LogP contribution in [-0.4, -0.2) is 20.4 Å². The number of hydrogen-bond donors (Lipinski definition) is 1. The Kier molecular flexibility index (Phi) is 4.64. The predicted molar refractivity (Wildman–Crippen MR) is 105 cm³/mol. The molecule has 4 rings (SSSR count). The topological polar surface area (TPSA) is 59.8 Å². The normalized spacial score (nSPS) is 10.8. The highest BCUT2D eigenvalue weighted by Gasteiger charge is 2.16. The second kappa shape index (κ2) is 7.23. The summed E-state index contributed by atoms with van der Waals surface area (Å²) in [5.41, 5.74) is 3.71. The summed E-state index contributed by atoms with van der Waals surface area (Å²) in [6, 6.07) is 9.79. The molecule has 1 N–H and O–H groups in total. The fourth-order valence-electron chi connectivity index (χ4n) is 2.66. The van der Waals surface area contributed by atoms with Crippen molar-refractivity contribution in [3.8, 4) is 16.4 Å². The Bertz CT molecular complexity index is 1020. The number of pyridine rings is 1. The number of nitrogens with zero attached hydrogens (tertiary/aromatic N) is 3. The molecule has 7 heteroatoms. The number of aryl methyl sites for hydroxylation is 1. The van der Waals surface area contributed by atoms with Crippen molar-refractivity contribution in [3.05, 3.63) is 75.8 Å². The van der Waals surface area contributed by atoms with E-state index in [0.717, 1.165) is 27.6 Å². The first-order valence-corrected chi connectivity index (χ1v) is 9.84. The van der Waals surface area contributed by atoms with Gasteiger partial charge in [0.05, 0.1) is 11.4 Å². The van der Waals surface area contributed by atoms with E-state index in [9.17, 15) is 4.79 Å². The lowest BCUT2D eigenvalue weighted by atomic mass is 10.1. The molecule has 0 atom stereocenters. The third kappa shape index (κ3) is 3.31. The van der Waals surface area contributed by atoms with Crippen LogP contribution in [0.5, 0.6) is 0 Å². The fraction of sp³-hybridized carbons (Fsp3) is 0.105. The summed E-state index contributed by atoms with van der Waals surface area (Å²) >= 11 is 3.02. The SMILES string of the molecule is Cc1nc(-n2cccc2)sc1C(=O)NCc1cccnc1-c1ccsc1. The average molecular weight is 380 g/mol. The van der Waals surface area contributed by atoms with Crippen molar-refractivity contribution in [1.82, 2.24) is 19.9 Å². The summed E-state index contributed by atoms with van der Waals surface area (Å²) in [5.74, 6) is -0.112. The van der Waals surface area contributed by atoms with Crippen LogP contribution in [0.15, 0.2) is 59.7 Å². The number of hydrogen-bond acceptors (Lipinski definition) is 5. The van der Waals surface area contributed by atoms with Gasteiger partial charge in [0.1, 0.15) is 4.88 Å². The van der Waals surface area contributed by atoms with Crippen LogP contribution in [0.1, 0.15) is 20.9 Å². The van der Waals surface area contributed by atoms with E-state index < -0.39 is 0 Å². The molecule has 0 aromatic carbocycles. The molecule has 0 aliphatic rings. The molecular weight excluding hydrogens is 364 g/mol. The van der Waals surface area contributed by atoms with Gasteiger partial charge in [-0.25, -0.2) is 4.98 Å². The van der Waals surface area contributed by atoms with Crippen LogP contribution in [-0.2, 0) is 6.54 Å². The highest BCUT2D eigenvalue weighted by molar-refractivity contribution is 7.16. The molecule has 0 radical (unpaired) electrons. The second-order valence-electron chi connectivity index (χ2n) is 5.71. The van der Waals surface area contributed by atoms with Crippen LogP contribution in [0.3, 0.4) is 0 Å². The molecule has 4 aromatic rings. The van der Waals surface area contributed by atoms with Crippen molar-refractivity contribution in [3.63, 3.8) is 0 Å². The highest BCUT2D eigenvalue weighted by atomic mass is 32.1. The zero-order valence-corrected chi connectivity index (χ0v) is 15.7. The van der Waals surface area contributed by atoms with Gasteiger partial charge in [0.2, 0.25) is 0 Å². The van der Waals surface area contributed by atoms with E-state index >= 15 is 0 Å². The van der Waals surface area contributed by atoms with Crippen molar-refractivity contribution in [2.24, 2.45) is 0 Å². The largest absolute Gasteiger partial charge is 0.347 e. The molecule has 0 aliphatic carbocycles. The maximum Gasteiger partial charge on any atom is 0.263 e. The molecule has 0 spiro atoms. The molecular formula is C19H16N4OS2. The van der Waals surface area contributed by atoms with Crippen LogP contribution in [0.2, 0.25) is 0 Å². The Morgan fingerprint density at radius 1 is 1.23 bits per heavy atom. The lowest BCUT2D eigenvalue weighted by molar-refractivity contribution is 0.0954. The molecule has 0 unspecified atom stereocenters. The van der Waals surface area contributed by atoms with Gasteiger partial charge in [0, 0.05) is 36.1 Å². The van der Waals surface area contributed by atoms with E-state index in [1.807, 2.05) is 59.6 Å². The lowest BCUT2D eigenvalue weighted by Gasteiger charge is -2.08. The fourth-order valence-corrected chi connectivity index (χ4v) is 4.25. The lowest BCUT2D eigenvalue weighted by Crippen LogP contribution is -2.23. The monoisotopic (exact) mass is 380 g/mol. The van der Waals surface area contributed by atoms with Crippen molar-refractivity contribution in [2.45, 2.75) is 13.5 Å². The van der Waals surface area contributed by atoms with Gasteiger partial charge < -0.3 is 9.88 Å². The van der Waals surface area contributed by atoms with Crippen LogP contribution in [0, 0.1) is 6.92 Å². The summed E-state index contributed by atoms with van der Waals surface area (Å²) < 4.78 is 1.91. The first kappa shape index (κ1) is 16.7. The number of thiazole rings is 1. The minimum absolute atomic E-state index is 0.112. The molecule has 5 nitrogen and oxygen atoms in total. The van der Waals surface area contributed by atoms with Crippen LogP contribution in [0.25, 0.3) is 16.4 Å². The van der Waals surface area contributed by atoms with Crippen molar-refractivity contribution in [1.29, 1.82) is 0 Å². The number of amides is 1. The van der Waals surface area contributed by atoms with E-state index in [1.54, 1.807) is 17.5 Å². The van der Waals surface area contributed by atoms with E-state index in [1.165, 1.54) is 11.3 Å². The van der Waals surface area contributed by atoms with Crippen molar-refractivity contribution < 1.29 is 4.79 Å². The minimum Gasteiger partial charge on any atom is -0.347 e. The van der Waals surface area contributed by atoms with E-state index in [0.29, 0.717) is 11.4 Å². The third-order valence-corrected chi connectivity index (χ3v) is 5.79. The minimum atomic E-state index is -0.112. The van der Waals surface area contributed by atoms with Crippen molar-refractivity contribution >= 4 is 28.6 Å². The molecule has 0 fully saturated rings. The first-order valence-electron chi connectivity index (χ1n) is 8.08. The Morgan fingerprint density at radius 3 is 2.85 bits per heavy atom. The Balaban J connectivity index is 1.52. The van der Waals surface area contributed by atoms with Gasteiger partial charge in [-0.2, -0.15) is 11.3 Å². The zero-order valence-electron chi connectivity index (χ0n) is 14.0. The van der Waals surface area contributed by atoms with Crippen LogP contribution >= 0.6 is 22.7 Å². The Labute approximate surface area is 159 Å². The van der Waals surface area contributed by atoms with E-state index in [4.69, 9.17) is 0 Å².